The number of nitrogen functional groups attached to an aromatic ring is 1. The molecule has 0 aliphatic carbocycles. The summed E-state index contributed by atoms with van der Waals surface area (Å²) in [6.07, 6.45) is 0. The van der Waals surface area contributed by atoms with Gasteiger partial charge in [0.05, 0.1) is 17.7 Å². The maximum atomic E-state index is 12.7. The number of aromatic amines is 1. The van der Waals surface area contributed by atoms with Crippen LogP contribution in [0.3, 0.4) is 0 Å². The Morgan fingerprint density at radius 1 is 1.31 bits per heavy atom. The minimum atomic E-state index is -0.713. The summed E-state index contributed by atoms with van der Waals surface area (Å²) in [7, 11) is 1.44. The van der Waals surface area contributed by atoms with Gasteiger partial charge in [-0.05, 0) is 12.5 Å². The zero-order valence-electron chi connectivity index (χ0n) is 14.2. The number of nitrogens with one attached hydrogen (secondary N) is 1. The minimum Gasteiger partial charge on any atom is -0.383 e. The predicted molar refractivity (Wildman–Crippen MR) is 101 cm³/mol. The Hall–Kier alpha value is -3.20. The van der Waals surface area contributed by atoms with E-state index in [1.807, 2.05) is 30.3 Å². The fourth-order valence-electron chi connectivity index (χ4n) is 2.59. The lowest BCUT2D eigenvalue weighted by atomic mass is 10.2. The van der Waals surface area contributed by atoms with Gasteiger partial charge in [-0.1, -0.05) is 30.3 Å². The van der Waals surface area contributed by atoms with Gasteiger partial charge in [-0.15, -0.1) is 11.3 Å². The highest BCUT2D eigenvalue weighted by Crippen LogP contribution is 2.21. The number of rotatable bonds is 4. The molecular weight excluding hydrogens is 354 g/mol. The molecule has 0 fully saturated rings. The molecule has 3 aromatic rings. The molecule has 1 aromatic carbocycles. The summed E-state index contributed by atoms with van der Waals surface area (Å²) in [6, 6.07) is 9.22. The number of H-pyrrole nitrogens is 1. The van der Waals surface area contributed by atoms with Crippen molar-refractivity contribution >= 4 is 28.7 Å². The first kappa shape index (κ1) is 17.6. The average molecular weight is 371 g/mol. The maximum Gasteiger partial charge on any atom is 0.330 e. The predicted octanol–water partition coefficient (Wildman–Crippen LogP) is 1.21. The molecule has 2 heterocycles. The molecule has 0 saturated heterocycles. The van der Waals surface area contributed by atoms with Crippen LogP contribution in [0.25, 0.3) is 0 Å². The summed E-state index contributed by atoms with van der Waals surface area (Å²) < 4.78 is 1.23. The molecule has 134 valence electrons. The van der Waals surface area contributed by atoms with Crippen LogP contribution in [0.4, 0.5) is 11.5 Å². The van der Waals surface area contributed by atoms with Crippen molar-refractivity contribution in [1.29, 1.82) is 0 Å². The summed E-state index contributed by atoms with van der Waals surface area (Å²) in [4.78, 5) is 45.0. The molecule has 3 rings (SSSR count). The Balaban J connectivity index is 2.06. The lowest BCUT2D eigenvalue weighted by molar-refractivity contribution is 0.0995. The van der Waals surface area contributed by atoms with Gasteiger partial charge < -0.3 is 10.6 Å². The molecule has 9 heteroatoms. The summed E-state index contributed by atoms with van der Waals surface area (Å²) in [5.41, 5.74) is 7.65. The number of carbonyl (C=O) groups is 1. The molecule has 0 aliphatic heterocycles. The SMILES string of the molecule is Cc1ncsc1C(=O)N(C)c1c(N)n(Cc2ccccc2)c(=O)[nH]c1=O. The number of amides is 1. The number of aryl methyl sites for hydroxylation is 1. The lowest BCUT2D eigenvalue weighted by Gasteiger charge is -2.20. The first-order chi connectivity index (χ1) is 12.4. The van der Waals surface area contributed by atoms with Gasteiger partial charge >= 0.3 is 5.69 Å². The van der Waals surface area contributed by atoms with Crippen LogP contribution in [0.15, 0.2) is 45.4 Å². The lowest BCUT2D eigenvalue weighted by Crippen LogP contribution is -2.39. The molecule has 3 N–H and O–H groups in total. The van der Waals surface area contributed by atoms with E-state index < -0.39 is 17.2 Å². The Kier molecular flexibility index (Phi) is 4.72. The monoisotopic (exact) mass is 371 g/mol. The van der Waals surface area contributed by atoms with Crippen molar-refractivity contribution < 1.29 is 4.79 Å². The molecule has 0 saturated carbocycles. The molecule has 0 bridgehead atoms. The van der Waals surface area contributed by atoms with E-state index in [4.69, 9.17) is 5.73 Å². The van der Waals surface area contributed by atoms with Crippen molar-refractivity contribution in [3.8, 4) is 0 Å². The van der Waals surface area contributed by atoms with Gasteiger partial charge in [0.15, 0.2) is 5.69 Å². The van der Waals surface area contributed by atoms with Crippen LogP contribution in [0, 0.1) is 6.92 Å². The van der Waals surface area contributed by atoms with Gasteiger partial charge in [-0.25, -0.2) is 9.78 Å². The second-order valence-corrected chi connectivity index (χ2v) is 6.55. The zero-order valence-corrected chi connectivity index (χ0v) is 15.0. The quantitative estimate of drug-likeness (QED) is 0.715. The van der Waals surface area contributed by atoms with Crippen LogP contribution in [0.2, 0.25) is 0 Å². The van der Waals surface area contributed by atoms with Crippen molar-refractivity contribution in [3.63, 3.8) is 0 Å². The third kappa shape index (κ3) is 3.16. The van der Waals surface area contributed by atoms with Crippen LogP contribution in [-0.2, 0) is 6.54 Å². The number of thiazole rings is 1. The van der Waals surface area contributed by atoms with Crippen molar-refractivity contribution in [3.05, 3.63) is 72.8 Å². The second kappa shape index (κ2) is 6.96. The number of hydrogen-bond donors (Lipinski definition) is 2. The van der Waals surface area contributed by atoms with E-state index in [9.17, 15) is 14.4 Å². The Morgan fingerprint density at radius 2 is 2.00 bits per heavy atom. The Morgan fingerprint density at radius 3 is 2.62 bits per heavy atom. The largest absolute Gasteiger partial charge is 0.383 e. The van der Waals surface area contributed by atoms with E-state index >= 15 is 0 Å². The average Bonchev–Trinajstić information content (AvgIpc) is 3.04. The van der Waals surface area contributed by atoms with Crippen LogP contribution >= 0.6 is 11.3 Å². The molecule has 0 spiro atoms. The molecule has 0 radical (unpaired) electrons. The number of carbonyl (C=O) groups excluding carboxylic acids is 1. The second-order valence-electron chi connectivity index (χ2n) is 5.70. The summed E-state index contributed by atoms with van der Waals surface area (Å²) >= 11 is 1.18. The fourth-order valence-corrected chi connectivity index (χ4v) is 3.36. The molecular formula is C17H17N5O3S. The normalized spacial score (nSPS) is 10.7. The van der Waals surface area contributed by atoms with Crippen molar-refractivity contribution in [2.45, 2.75) is 13.5 Å². The van der Waals surface area contributed by atoms with Crippen LogP contribution in [0.1, 0.15) is 20.9 Å². The number of nitrogens with zero attached hydrogens (tertiary/aromatic N) is 3. The first-order valence-corrected chi connectivity index (χ1v) is 8.62. The molecule has 1 amide bonds. The third-order valence-electron chi connectivity index (χ3n) is 3.98. The van der Waals surface area contributed by atoms with Crippen LogP contribution < -0.4 is 21.9 Å². The smallest absolute Gasteiger partial charge is 0.330 e. The van der Waals surface area contributed by atoms with Gasteiger partial charge in [-0.3, -0.25) is 19.1 Å². The summed E-state index contributed by atoms with van der Waals surface area (Å²) in [5, 5.41) is 0. The molecule has 0 aliphatic rings. The third-order valence-corrected chi connectivity index (χ3v) is 4.89. The Labute approximate surface area is 152 Å². The number of hydrogen-bond acceptors (Lipinski definition) is 6. The highest BCUT2D eigenvalue weighted by Gasteiger charge is 2.24. The van der Waals surface area contributed by atoms with Crippen molar-refractivity contribution in [2.24, 2.45) is 0 Å². The molecule has 0 atom stereocenters. The molecule has 2 aromatic heterocycles. The topological polar surface area (TPSA) is 114 Å². The molecule has 26 heavy (non-hydrogen) atoms. The fraction of sp³-hybridized carbons (Fsp3) is 0.176. The number of aromatic nitrogens is 3. The summed E-state index contributed by atoms with van der Waals surface area (Å²) in [6.45, 7) is 1.89. The van der Waals surface area contributed by atoms with Crippen LogP contribution in [-0.4, -0.2) is 27.5 Å². The highest BCUT2D eigenvalue weighted by molar-refractivity contribution is 7.12. The van der Waals surface area contributed by atoms with Crippen molar-refractivity contribution in [1.82, 2.24) is 14.5 Å². The highest BCUT2D eigenvalue weighted by atomic mass is 32.1. The van der Waals surface area contributed by atoms with Crippen LogP contribution in [0.5, 0.6) is 0 Å². The van der Waals surface area contributed by atoms with Gasteiger partial charge in [-0.2, -0.15) is 0 Å². The van der Waals surface area contributed by atoms with Gasteiger partial charge in [0, 0.05) is 7.05 Å². The number of benzene rings is 1. The zero-order chi connectivity index (χ0) is 18.8. The van der Waals surface area contributed by atoms with E-state index in [2.05, 4.69) is 9.97 Å². The van der Waals surface area contributed by atoms with Gasteiger partial charge in [0.25, 0.3) is 11.5 Å². The maximum absolute atomic E-state index is 12.7. The number of nitrogens with two attached hydrogens (primary N) is 1. The van der Waals surface area contributed by atoms with Gasteiger partial charge in [0.1, 0.15) is 10.7 Å². The number of anilines is 2. The minimum absolute atomic E-state index is 0.0689. The standard InChI is InChI=1S/C17H17N5O3S/c1-10-13(26-9-19-10)16(24)21(2)12-14(18)22(17(25)20-15(12)23)8-11-6-4-3-5-7-11/h3-7,9H,8,18H2,1-2H3,(H,20,23,25). The first-order valence-electron chi connectivity index (χ1n) is 7.74. The van der Waals surface area contributed by atoms with Crippen molar-refractivity contribution in [2.75, 3.05) is 17.7 Å². The molecule has 0 unspecified atom stereocenters. The summed E-state index contributed by atoms with van der Waals surface area (Å²) in [5.74, 6) is -0.479. The van der Waals surface area contributed by atoms with E-state index in [1.165, 1.54) is 23.0 Å². The Bertz CT molecular complexity index is 1070. The van der Waals surface area contributed by atoms with E-state index in [1.54, 1.807) is 12.4 Å². The van der Waals surface area contributed by atoms with E-state index in [0.717, 1.165) is 10.5 Å². The molecule has 8 nitrogen and oxygen atoms in total. The van der Waals surface area contributed by atoms with E-state index in [-0.39, 0.29) is 18.1 Å². The van der Waals surface area contributed by atoms with E-state index in [0.29, 0.717) is 10.6 Å². The van der Waals surface area contributed by atoms with Gasteiger partial charge in [0.2, 0.25) is 0 Å².